The zero-order valence-electron chi connectivity index (χ0n) is 13.0. The zero-order chi connectivity index (χ0) is 14.7. The predicted molar refractivity (Wildman–Crippen MR) is 85.2 cm³/mol. The highest BCUT2D eigenvalue weighted by Crippen LogP contribution is 2.34. The van der Waals surface area contributed by atoms with Crippen molar-refractivity contribution in [2.24, 2.45) is 5.92 Å². The lowest BCUT2D eigenvalue weighted by atomic mass is 9.78. The molecule has 0 saturated heterocycles. The zero-order valence-corrected chi connectivity index (χ0v) is 13.0. The number of urea groups is 1. The lowest BCUT2D eigenvalue weighted by Crippen LogP contribution is -2.50. The van der Waals surface area contributed by atoms with E-state index in [1.54, 1.807) is 0 Å². The molecule has 0 radical (unpaired) electrons. The molecule has 2 N–H and O–H groups in total. The van der Waals surface area contributed by atoms with E-state index in [1.807, 2.05) is 0 Å². The molecule has 1 aromatic carbocycles. The molecule has 2 amide bonds. The normalized spacial score (nSPS) is 25.4. The molecule has 2 aliphatic carbocycles. The summed E-state index contributed by atoms with van der Waals surface area (Å²) in [5.41, 5.74) is 2.43. The quantitative estimate of drug-likeness (QED) is 0.873. The average Bonchev–Trinajstić information content (AvgIpc) is 2.99. The van der Waals surface area contributed by atoms with Gasteiger partial charge in [0.2, 0.25) is 0 Å². The molecule has 0 bridgehead atoms. The number of carbonyl (C=O) groups excluding carboxylic acids is 1. The lowest BCUT2D eigenvalue weighted by Gasteiger charge is -2.37. The molecule has 3 nitrogen and oxygen atoms in total. The molecule has 0 aliphatic heterocycles. The van der Waals surface area contributed by atoms with E-state index in [-0.39, 0.29) is 11.6 Å². The second-order valence-corrected chi connectivity index (χ2v) is 6.83. The van der Waals surface area contributed by atoms with Gasteiger partial charge < -0.3 is 10.6 Å². The van der Waals surface area contributed by atoms with Gasteiger partial charge in [0.1, 0.15) is 0 Å². The van der Waals surface area contributed by atoms with Gasteiger partial charge in [0.05, 0.1) is 5.54 Å². The third-order valence-electron chi connectivity index (χ3n) is 5.15. The number of rotatable bonds is 3. The molecule has 0 spiro atoms. The van der Waals surface area contributed by atoms with E-state index >= 15 is 0 Å². The number of amides is 2. The van der Waals surface area contributed by atoms with Crippen LogP contribution in [0.3, 0.4) is 0 Å². The van der Waals surface area contributed by atoms with Gasteiger partial charge in [-0.2, -0.15) is 0 Å². The van der Waals surface area contributed by atoms with Crippen molar-refractivity contribution in [3.63, 3.8) is 0 Å². The van der Waals surface area contributed by atoms with Gasteiger partial charge in [-0.1, -0.05) is 37.1 Å². The average molecular weight is 286 g/mol. The molecule has 0 aromatic heterocycles. The largest absolute Gasteiger partial charge is 0.338 e. The Morgan fingerprint density at radius 3 is 2.81 bits per heavy atom. The molecule has 1 atom stereocenters. The summed E-state index contributed by atoms with van der Waals surface area (Å²) in [6.07, 6.45) is 8.44. The third-order valence-corrected chi connectivity index (χ3v) is 5.15. The predicted octanol–water partition coefficient (Wildman–Crippen LogP) is 3.73. The van der Waals surface area contributed by atoms with Crippen molar-refractivity contribution in [3.05, 3.63) is 35.4 Å². The van der Waals surface area contributed by atoms with Crippen LogP contribution >= 0.6 is 0 Å². The molecule has 3 rings (SSSR count). The highest BCUT2D eigenvalue weighted by atomic mass is 16.2. The van der Waals surface area contributed by atoms with Gasteiger partial charge in [-0.05, 0) is 56.1 Å². The minimum Gasteiger partial charge on any atom is -0.338 e. The Morgan fingerprint density at radius 1 is 1.24 bits per heavy atom. The number of hydrogen-bond acceptors (Lipinski definition) is 1. The maximum Gasteiger partial charge on any atom is 0.315 e. The summed E-state index contributed by atoms with van der Waals surface area (Å²) < 4.78 is 0. The summed E-state index contributed by atoms with van der Waals surface area (Å²) in [6.45, 7) is 2.98. The minimum atomic E-state index is -0.228. The van der Waals surface area contributed by atoms with Crippen molar-refractivity contribution < 1.29 is 4.79 Å². The number of fused-ring (bicyclic) bond motifs is 1. The second kappa shape index (κ2) is 6.08. The Hall–Kier alpha value is -1.51. The highest BCUT2D eigenvalue weighted by Gasteiger charge is 2.33. The van der Waals surface area contributed by atoms with Crippen LogP contribution in [0.25, 0.3) is 0 Å². The Labute approximate surface area is 127 Å². The monoisotopic (exact) mass is 286 g/mol. The topological polar surface area (TPSA) is 41.1 Å². The summed E-state index contributed by atoms with van der Waals surface area (Å²) >= 11 is 0. The number of hydrogen-bond donors (Lipinski definition) is 2. The van der Waals surface area contributed by atoms with E-state index in [1.165, 1.54) is 36.8 Å². The van der Waals surface area contributed by atoms with E-state index in [4.69, 9.17) is 0 Å². The fourth-order valence-electron chi connectivity index (χ4n) is 3.92. The first-order valence-corrected chi connectivity index (χ1v) is 8.32. The van der Waals surface area contributed by atoms with Gasteiger partial charge in [0, 0.05) is 6.54 Å². The first kappa shape index (κ1) is 14.4. The number of nitrogens with one attached hydrogen (secondary N) is 2. The van der Waals surface area contributed by atoms with Crippen LogP contribution in [-0.2, 0) is 12.0 Å². The van der Waals surface area contributed by atoms with E-state index < -0.39 is 0 Å². The van der Waals surface area contributed by atoms with E-state index in [2.05, 4.69) is 41.8 Å². The van der Waals surface area contributed by atoms with Gasteiger partial charge in [0.25, 0.3) is 0 Å². The van der Waals surface area contributed by atoms with Crippen LogP contribution in [0, 0.1) is 5.92 Å². The van der Waals surface area contributed by atoms with Gasteiger partial charge in [-0.15, -0.1) is 0 Å². The maximum absolute atomic E-state index is 12.3. The molecule has 2 aliphatic rings. The lowest BCUT2D eigenvalue weighted by molar-refractivity contribution is 0.220. The Kier molecular flexibility index (Phi) is 4.18. The van der Waals surface area contributed by atoms with Crippen molar-refractivity contribution in [2.45, 2.75) is 57.4 Å². The molecule has 1 unspecified atom stereocenters. The SMILES string of the molecule is CC1(NC(=O)NCC2CCCC2)CCCc2ccccc21. The van der Waals surface area contributed by atoms with Crippen molar-refractivity contribution in [1.82, 2.24) is 10.6 Å². The fraction of sp³-hybridized carbons (Fsp3) is 0.611. The Morgan fingerprint density at radius 2 is 2.00 bits per heavy atom. The van der Waals surface area contributed by atoms with Gasteiger partial charge in [0.15, 0.2) is 0 Å². The Balaban J connectivity index is 1.62. The van der Waals surface area contributed by atoms with E-state index in [0.29, 0.717) is 5.92 Å². The van der Waals surface area contributed by atoms with Crippen LogP contribution in [-0.4, -0.2) is 12.6 Å². The third kappa shape index (κ3) is 3.22. The molecular formula is C18H26N2O. The van der Waals surface area contributed by atoms with Crippen molar-refractivity contribution in [2.75, 3.05) is 6.54 Å². The van der Waals surface area contributed by atoms with Crippen LogP contribution in [0.5, 0.6) is 0 Å². The fourth-order valence-corrected chi connectivity index (χ4v) is 3.92. The van der Waals surface area contributed by atoms with Crippen LogP contribution in [0.15, 0.2) is 24.3 Å². The number of carbonyl (C=O) groups is 1. The highest BCUT2D eigenvalue weighted by molar-refractivity contribution is 5.75. The van der Waals surface area contributed by atoms with Crippen molar-refractivity contribution >= 4 is 6.03 Å². The van der Waals surface area contributed by atoms with Crippen LogP contribution in [0.2, 0.25) is 0 Å². The molecular weight excluding hydrogens is 260 g/mol. The van der Waals surface area contributed by atoms with Crippen LogP contribution in [0.4, 0.5) is 4.79 Å². The molecule has 114 valence electrons. The second-order valence-electron chi connectivity index (χ2n) is 6.83. The molecule has 3 heteroatoms. The molecule has 1 saturated carbocycles. The Bertz CT molecular complexity index is 508. The standard InChI is InChI=1S/C18H26N2O/c1-18(12-6-10-15-9-4-5-11-16(15)18)20-17(21)19-13-14-7-2-3-8-14/h4-5,9,11,14H,2-3,6-8,10,12-13H2,1H3,(H2,19,20,21). The summed E-state index contributed by atoms with van der Waals surface area (Å²) in [7, 11) is 0. The number of benzene rings is 1. The molecule has 0 heterocycles. The molecule has 21 heavy (non-hydrogen) atoms. The molecule has 1 aromatic rings. The van der Waals surface area contributed by atoms with Crippen LogP contribution < -0.4 is 10.6 Å². The summed E-state index contributed by atoms with van der Waals surface area (Å²) in [5.74, 6) is 0.683. The summed E-state index contributed by atoms with van der Waals surface area (Å²) in [6, 6.07) is 8.49. The van der Waals surface area contributed by atoms with Gasteiger partial charge in [-0.25, -0.2) is 4.79 Å². The smallest absolute Gasteiger partial charge is 0.315 e. The van der Waals surface area contributed by atoms with Crippen molar-refractivity contribution in [3.8, 4) is 0 Å². The maximum atomic E-state index is 12.3. The first-order chi connectivity index (χ1) is 10.2. The van der Waals surface area contributed by atoms with Crippen molar-refractivity contribution in [1.29, 1.82) is 0 Å². The van der Waals surface area contributed by atoms with E-state index in [9.17, 15) is 4.79 Å². The first-order valence-electron chi connectivity index (χ1n) is 8.32. The van der Waals surface area contributed by atoms with E-state index in [0.717, 1.165) is 25.8 Å². The van der Waals surface area contributed by atoms with Crippen LogP contribution in [0.1, 0.15) is 56.6 Å². The summed E-state index contributed by atoms with van der Waals surface area (Å²) in [4.78, 5) is 12.3. The number of aryl methyl sites for hydroxylation is 1. The van der Waals surface area contributed by atoms with Gasteiger partial charge >= 0.3 is 6.03 Å². The van der Waals surface area contributed by atoms with Gasteiger partial charge in [-0.3, -0.25) is 0 Å². The molecule has 1 fully saturated rings. The summed E-state index contributed by atoms with van der Waals surface area (Å²) in [5, 5.41) is 6.30. The minimum absolute atomic E-state index is 0.0129.